The van der Waals surface area contributed by atoms with Crippen LogP contribution in [0.1, 0.15) is 51.5 Å². The number of rotatable bonds is 8. The second-order valence-electron chi connectivity index (χ2n) is 5.09. The minimum Gasteiger partial charge on any atom is -0.392 e. The average molecular weight is 258 g/mol. The largest absolute Gasteiger partial charge is 0.392 e. The molecule has 19 heavy (non-hydrogen) atoms. The van der Waals surface area contributed by atoms with Gasteiger partial charge in [0.25, 0.3) is 0 Å². The summed E-state index contributed by atoms with van der Waals surface area (Å²) in [6.45, 7) is 4.35. The predicted molar refractivity (Wildman–Crippen MR) is 84.0 cm³/mol. The predicted octanol–water partition coefficient (Wildman–Crippen LogP) is 4.98. The van der Waals surface area contributed by atoms with E-state index in [9.17, 15) is 0 Å². The van der Waals surface area contributed by atoms with Crippen LogP contribution in [0.2, 0.25) is 0 Å². The van der Waals surface area contributed by atoms with Gasteiger partial charge in [0.1, 0.15) is 0 Å². The summed E-state index contributed by atoms with van der Waals surface area (Å²) in [5, 5.41) is 9.16. The van der Waals surface area contributed by atoms with Gasteiger partial charge in [0.2, 0.25) is 0 Å². The monoisotopic (exact) mass is 258 g/mol. The standard InChI is InChI=1S/C18H26O/c1-3-4-5-7-12-18(13-16(2)15-19)14-17-10-8-6-9-11-17/h6,8-11,13-14,19H,3-5,7,12,15H2,1-2H3/b16-13+,18-14?. The highest BCUT2D eigenvalue weighted by Gasteiger charge is 1.97. The van der Waals surface area contributed by atoms with E-state index in [-0.39, 0.29) is 6.61 Å². The molecule has 0 heterocycles. The second kappa shape index (κ2) is 9.57. The topological polar surface area (TPSA) is 20.2 Å². The molecule has 0 saturated carbocycles. The van der Waals surface area contributed by atoms with Gasteiger partial charge in [-0.1, -0.05) is 68.7 Å². The van der Waals surface area contributed by atoms with Gasteiger partial charge in [-0.05, 0) is 36.5 Å². The van der Waals surface area contributed by atoms with E-state index in [0.717, 1.165) is 12.0 Å². The molecule has 0 aliphatic carbocycles. The maximum absolute atomic E-state index is 9.16. The van der Waals surface area contributed by atoms with E-state index in [1.54, 1.807) is 0 Å². The first-order valence-corrected chi connectivity index (χ1v) is 7.30. The lowest BCUT2D eigenvalue weighted by Crippen LogP contribution is -1.88. The molecular formula is C18H26O. The summed E-state index contributed by atoms with van der Waals surface area (Å²) in [5.74, 6) is 0. The van der Waals surface area contributed by atoms with Crippen LogP contribution < -0.4 is 0 Å². The molecule has 1 N–H and O–H groups in total. The molecule has 104 valence electrons. The van der Waals surface area contributed by atoms with Crippen LogP contribution in [-0.2, 0) is 0 Å². The fourth-order valence-electron chi connectivity index (χ4n) is 2.07. The zero-order chi connectivity index (χ0) is 13.9. The highest BCUT2D eigenvalue weighted by atomic mass is 16.3. The van der Waals surface area contributed by atoms with Crippen molar-refractivity contribution in [1.82, 2.24) is 0 Å². The summed E-state index contributed by atoms with van der Waals surface area (Å²) in [7, 11) is 0. The van der Waals surface area contributed by atoms with E-state index >= 15 is 0 Å². The van der Waals surface area contributed by atoms with Gasteiger partial charge in [-0.15, -0.1) is 0 Å². The molecule has 0 unspecified atom stereocenters. The maximum atomic E-state index is 9.16. The first-order chi connectivity index (χ1) is 9.26. The molecule has 1 aromatic rings. The molecule has 1 nitrogen and oxygen atoms in total. The molecule has 0 atom stereocenters. The van der Waals surface area contributed by atoms with Crippen LogP contribution in [-0.4, -0.2) is 11.7 Å². The third-order valence-electron chi connectivity index (χ3n) is 3.15. The molecule has 0 aromatic heterocycles. The Bertz CT molecular complexity index is 401. The molecule has 1 rings (SSSR count). The van der Waals surface area contributed by atoms with Crippen molar-refractivity contribution in [3.63, 3.8) is 0 Å². The van der Waals surface area contributed by atoms with Crippen LogP contribution >= 0.6 is 0 Å². The van der Waals surface area contributed by atoms with Crippen molar-refractivity contribution < 1.29 is 5.11 Å². The van der Waals surface area contributed by atoms with Crippen LogP contribution in [0.5, 0.6) is 0 Å². The minimum absolute atomic E-state index is 0.140. The van der Waals surface area contributed by atoms with E-state index in [4.69, 9.17) is 5.11 Å². The first kappa shape index (κ1) is 15.7. The second-order valence-corrected chi connectivity index (χ2v) is 5.09. The zero-order valence-corrected chi connectivity index (χ0v) is 12.2. The summed E-state index contributed by atoms with van der Waals surface area (Å²) >= 11 is 0. The zero-order valence-electron chi connectivity index (χ0n) is 12.2. The third-order valence-corrected chi connectivity index (χ3v) is 3.15. The summed E-state index contributed by atoms with van der Waals surface area (Å²) in [4.78, 5) is 0. The Balaban J connectivity index is 2.72. The van der Waals surface area contributed by atoms with Crippen molar-refractivity contribution in [3.8, 4) is 0 Å². The highest BCUT2D eigenvalue weighted by Crippen LogP contribution is 2.17. The van der Waals surface area contributed by atoms with Crippen molar-refractivity contribution in [2.24, 2.45) is 0 Å². The van der Waals surface area contributed by atoms with Crippen molar-refractivity contribution in [2.45, 2.75) is 46.0 Å². The maximum Gasteiger partial charge on any atom is 0.0642 e. The SMILES string of the molecule is CCCCCCC(=Cc1ccccc1)/C=C(\C)CO. The summed E-state index contributed by atoms with van der Waals surface area (Å²) < 4.78 is 0. The molecule has 0 aliphatic rings. The van der Waals surface area contributed by atoms with E-state index < -0.39 is 0 Å². The van der Waals surface area contributed by atoms with E-state index in [1.165, 1.54) is 36.8 Å². The number of aliphatic hydroxyl groups is 1. The van der Waals surface area contributed by atoms with Gasteiger partial charge in [0.15, 0.2) is 0 Å². The number of unbranched alkanes of at least 4 members (excludes halogenated alkanes) is 3. The molecule has 0 fully saturated rings. The van der Waals surface area contributed by atoms with Crippen molar-refractivity contribution >= 4 is 6.08 Å². The molecule has 0 spiro atoms. The Morgan fingerprint density at radius 2 is 1.84 bits per heavy atom. The van der Waals surface area contributed by atoms with Crippen molar-refractivity contribution in [3.05, 3.63) is 53.1 Å². The highest BCUT2D eigenvalue weighted by molar-refractivity contribution is 5.56. The fraction of sp³-hybridized carbons (Fsp3) is 0.444. The van der Waals surface area contributed by atoms with Crippen LogP contribution in [0.4, 0.5) is 0 Å². The van der Waals surface area contributed by atoms with Crippen molar-refractivity contribution in [2.75, 3.05) is 6.61 Å². The lowest BCUT2D eigenvalue weighted by molar-refractivity contribution is 0.331. The molecule has 0 bridgehead atoms. The molecule has 0 saturated heterocycles. The number of allylic oxidation sites excluding steroid dienone is 2. The van der Waals surface area contributed by atoms with Crippen LogP contribution in [0.25, 0.3) is 6.08 Å². The Labute approximate surface area is 117 Å². The van der Waals surface area contributed by atoms with Crippen LogP contribution in [0.3, 0.4) is 0 Å². The molecule has 0 aliphatic heterocycles. The summed E-state index contributed by atoms with van der Waals surface area (Å²) in [6.07, 6.45) is 10.5. The molecule has 1 heteroatoms. The number of benzene rings is 1. The quantitative estimate of drug-likeness (QED) is 0.515. The Morgan fingerprint density at radius 3 is 2.47 bits per heavy atom. The molecule has 0 radical (unpaired) electrons. The third kappa shape index (κ3) is 6.97. The number of aliphatic hydroxyl groups excluding tert-OH is 1. The minimum atomic E-state index is 0.140. The smallest absolute Gasteiger partial charge is 0.0642 e. The van der Waals surface area contributed by atoms with Crippen LogP contribution in [0.15, 0.2) is 47.6 Å². The normalized spacial score (nSPS) is 12.8. The van der Waals surface area contributed by atoms with Crippen LogP contribution in [0, 0.1) is 0 Å². The Morgan fingerprint density at radius 1 is 1.11 bits per heavy atom. The van der Waals surface area contributed by atoms with Gasteiger partial charge in [0, 0.05) is 0 Å². The van der Waals surface area contributed by atoms with Gasteiger partial charge in [-0.25, -0.2) is 0 Å². The molecule has 1 aromatic carbocycles. The summed E-state index contributed by atoms with van der Waals surface area (Å²) in [6, 6.07) is 10.4. The molecular weight excluding hydrogens is 232 g/mol. The Hall–Kier alpha value is -1.34. The Kier molecular flexibility index (Phi) is 7.92. The van der Waals surface area contributed by atoms with Gasteiger partial charge >= 0.3 is 0 Å². The van der Waals surface area contributed by atoms with E-state index in [1.807, 2.05) is 13.0 Å². The van der Waals surface area contributed by atoms with Gasteiger partial charge < -0.3 is 5.11 Å². The van der Waals surface area contributed by atoms with Crippen molar-refractivity contribution in [1.29, 1.82) is 0 Å². The fourth-order valence-corrected chi connectivity index (χ4v) is 2.07. The average Bonchev–Trinajstić information content (AvgIpc) is 2.44. The summed E-state index contributed by atoms with van der Waals surface area (Å²) in [5.41, 5.74) is 3.57. The number of hydrogen-bond acceptors (Lipinski definition) is 1. The first-order valence-electron chi connectivity index (χ1n) is 7.30. The number of hydrogen-bond donors (Lipinski definition) is 1. The lowest BCUT2D eigenvalue weighted by atomic mass is 10.0. The lowest BCUT2D eigenvalue weighted by Gasteiger charge is -2.05. The van der Waals surface area contributed by atoms with Gasteiger partial charge in [-0.2, -0.15) is 0 Å². The van der Waals surface area contributed by atoms with E-state index in [2.05, 4.69) is 43.3 Å². The van der Waals surface area contributed by atoms with E-state index in [0.29, 0.717) is 0 Å². The van der Waals surface area contributed by atoms with Gasteiger partial charge in [-0.3, -0.25) is 0 Å². The molecule has 0 amide bonds. The van der Waals surface area contributed by atoms with Gasteiger partial charge in [0.05, 0.1) is 6.61 Å².